The van der Waals surface area contributed by atoms with Crippen molar-refractivity contribution in [2.75, 3.05) is 0 Å². The highest BCUT2D eigenvalue weighted by atomic mass is 16.1. The van der Waals surface area contributed by atoms with Gasteiger partial charge in [0.05, 0.1) is 0 Å². The van der Waals surface area contributed by atoms with Gasteiger partial charge in [0.15, 0.2) is 0 Å². The number of hydrogen-bond donors (Lipinski definition) is 0. The van der Waals surface area contributed by atoms with Gasteiger partial charge < -0.3 is 0 Å². The molecule has 0 aromatic heterocycles. The van der Waals surface area contributed by atoms with Gasteiger partial charge in [0.25, 0.3) is 0 Å². The summed E-state index contributed by atoms with van der Waals surface area (Å²) in [5.74, 6) is 0.994. The van der Waals surface area contributed by atoms with Crippen molar-refractivity contribution in [1.82, 2.24) is 0 Å². The Labute approximate surface area is 56.4 Å². The summed E-state index contributed by atoms with van der Waals surface area (Å²) in [5.41, 5.74) is 0. The molecule has 0 aromatic rings. The fourth-order valence-corrected chi connectivity index (χ4v) is 0.960. The summed E-state index contributed by atoms with van der Waals surface area (Å²) in [6.45, 7) is 2.13. The molecule has 0 heterocycles. The molecule has 0 amide bonds. The van der Waals surface area contributed by atoms with Crippen LogP contribution in [0.25, 0.3) is 0 Å². The van der Waals surface area contributed by atoms with E-state index >= 15 is 0 Å². The van der Waals surface area contributed by atoms with Crippen molar-refractivity contribution in [3.63, 3.8) is 0 Å². The molecule has 0 N–H and O–H groups in total. The average molecular weight is 126 g/mol. The predicted molar refractivity (Wildman–Crippen MR) is 37.3 cm³/mol. The number of hydrogen-bond acceptors (Lipinski definition) is 1. The normalized spacial score (nSPS) is 17.9. The van der Waals surface area contributed by atoms with Gasteiger partial charge in [0.2, 0.25) is 0 Å². The van der Waals surface area contributed by atoms with E-state index < -0.39 is 0 Å². The lowest BCUT2D eigenvalue weighted by atomic mass is 10.1. The summed E-state index contributed by atoms with van der Waals surface area (Å²) in [4.78, 5) is 11.0. The van der Waals surface area contributed by atoms with Crippen LogP contribution in [0, 0.1) is 5.92 Å². The van der Waals surface area contributed by atoms with Gasteiger partial charge >= 0.3 is 0 Å². The summed E-state index contributed by atoms with van der Waals surface area (Å²) >= 11 is 0. The molecular weight excluding hydrogens is 112 g/mol. The molecule has 0 spiro atoms. The Balaban J connectivity index is 2.03. The molecule has 0 aliphatic heterocycles. The third kappa shape index (κ3) is 2.17. The van der Waals surface area contributed by atoms with Crippen molar-refractivity contribution in [1.29, 1.82) is 0 Å². The van der Waals surface area contributed by atoms with Gasteiger partial charge in [-0.15, -0.1) is 0 Å². The van der Waals surface area contributed by atoms with Crippen molar-refractivity contribution in [2.24, 2.45) is 5.92 Å². The molecule has 1 fully saturated rings. The molecule has 0 radical (unpaired) electrons. The van der Waals surface area contributed by atoms with Gasteiger partial charge in [0.1, 0.15) is 5.78 Å². The maximum absolute atomic E-state index is 11.0. The van der Waals surface area contributed by atoms with Crippen LogP contribution in [0.3, 0.4) is 0 Å². The lowest BCUT2D eigenvalue weighted by Gasteiger charge is -1.93. The van der Waals surface area contributed by atoms with Crippen LogP contribution in [0.4, 0.5) is 0 Å². The first-order chi connectivity index (χ1) is 4.34. The highest BCUT2D eigenvalue weighted by molar-refractivity contribution is 5.82. The Bertz CT molecular complexity index is 103. The highest BCUT2D eigenvalue weighted by Crippen LogP contribution is 2.31. The molecular formula is C8H14O. The Morgan fingerprint density at radius 2 is 2.22 bits per heavy atom. The van der Waals surface area contributed by atoms with Gasteiger partial charge in [0, 0.05) is 12.3 Å². The second-order valence-electron chi connectivity index (χ2n) is 2.84. The molecule has 1 rings (SSSR count). The van der Waals surface area contributed by atoms with Crippen molar-refractivity contribution in [3.8, 4) is 0 Å². The van der Waals surface area contributed by atoms with E-state index in [0.717, 1.165) is 19.3 Å². The lowest BCUT2D eigenvalue weighted by molar-refractivity contribution is -0.120. The van der Waals surface area contributed by atoms with Crippen LogP contribution in [0.15, 0.2) is 0 Å². The molecule has 0 bridgehead atoms. The number of carbonyl (C=O) groups excluding carboxylic acids is 1. The molecule has 9 heavy (non-hydrogen) atoms. The minimum atomic E-state index is 0.483. The largest absolute Gasteiger partial charge is 0.299 e. The van der Waals surface area contributed by atoms with E-state index in [-0.39, 0.29) is 0 Å². The van der Waals surface area contributed by atoms with Crippen LogP contribution in [-0.4, -0.2) is 5.78 Å². The molecule has 1 saturated carbocycles. The highest BCUT2D eigenvalue weighted by Gasteiger charge is 2.28. The molecule has 52 valence electrons. The summed E-state index contributed by atoms with van der Waals surface area (Å²) in [5, 5.41) is 0. The molecule has 0 saturated heterocycles. The smallest absolute Gasteiger partial charge is 0.135 e. The fourth-order valence-electron chi connectivity index (χ4n) is 0.960. The van der Waals surface area contributed by atoms with Gasteiger partial charge in [-0.2, -0.15) is 0 Å². The van der Waals surface area contributed by atoms with Gasteiger partial charge in [-0.3, -0.25) is 4.79 Å². The second-order valence-corrected chi connectivity index (χ2v) is 2.84. The van der Waals surface area contributed by atoms with Gasteiger partial charge in [-0.25, -0.2) is 0 Å². The minimum Gasteiger partial charge on any atom is -0.299 e. The number of carbonyl (C=O) groups is 1. The lowest BCUT2D eigenvalue weighted by Crippen LogP contribution is -1.98. The van der Waals surface area contributed by atoms with Crippen LogP contribution in [0.1, 0.15) is 39.0 Å². The van der Waals surface area contributed by atoms with Crippen LogP contribution >= 0.6 is 0 Å². The summed E-state index contributed by atoms with van der Waals surface area (Å²) in [6.07, 6.45) is 5.42. The summed E-state index contributed by atoms with van der Waals surface area (Å²) in [6, 6.07) is 0. The molecule has 1 aliphatic carbocycles. The van der Waals surface area contributed by atoms with Crippen LogP contribution in [-0.2, 0) is 4.79 Å². The Hall–Kier alpha value is -0.330. The van der Waals surface area contributed by atoms with E-state index in [9.17, 15) is 4.79 Å². The second kappa shape index (κ2) is 3.00. The zero-order chi connectivity index (χ0) is 6.69. The fraction of sp³-hybridized carbons (Fsp3) is 0.875. The number of unbranched alkanes of at least 4 members (excludes halogenated alkanes) is 1. The minimum absolute atomic E-state index is 0.483. The van der Waals surface area contributed by atoms with Crippen molar-refractivity contribution in [2.45, 2.75) is 39.0 Å². The molecule has 0 unspecified atom stereocenters. The summed E-state index contributed by atoms with van der Waals surface area (Å²) < 4.78 is 0. The first-order valence-corrected chi connectivity index (χ1v) is 3.87. The third-order valence-electron chi connectivity index (χ3n) is 1.81. The van der Waals surface area contributed by atoms with Crippen molar-refractivity contribution >= 4 is 5.78 Å². The number of ketones is 1. The van der Waals surface area contributed by atoms with Crippen LogP contribution < -0.4 is 0 Å². The maximum Gasteiger partial charge on any atom is 0.135 e. The SMILES string of the molecule is CCCCC(=O)C1CC1. The quantitative estimate of drug-likeness (QED) is 0.564. The third-order valence-corrected chi connectivity index (χ3v) is 1.81. The zero-order valence-corrected chi connectivity index (χ0v) is 6.02. The zero-order valence-electron chi connectivity index (χ0n) is 6.02. The predicted octanol–water partition coefficient (Wildman–Crippen LogP) is 2.16. The monoisotopic (exact) mass is 126 g/mol. The van der Waals surface area contributed by atoms with E-state index in [1.165, 1.54) is 12.8 Å². The van der Waals surface area contributed by atoms with E-state index in [4.69, 9.17) is 0 Å². The Kier molecular flexibility index (Phi) is 2.26. The van der Waals surface area contributed by atoms with E-state index in [2.05, 4.69) is 6.92 Å². The standard InChI is InChI=1S/C8H14O/c1-2-3-4-8(9)7-5-6-7/h7H,2-6H2,1H3. The van der Waals surface area contributed by atoms with Crippen LogP contribution in [0.2, 0.25) is 0 Å². The first-order valence-electron chi connectivity index (χ1n) is 3.87. The summed E-state index contributed by atoms with van der Waals surface area (Å²) in [7, 11) is 0. The molecule has 1 heteroatoms. The van der Waals surface area contributed by atoms with Crippen molar-refractivity contribution in [3.05, 3.63) is 0 Å². The van der Waals surface area contributed by atoms with Crippen LogP contribution in [0.5, 0.6) is 0 Å². The van der Waals surface area contributed by atoms with Gasteiger partial charge in [-0.1, -0.05) is 13.3 Å². The molecule has 0 aromatic carbocycles. The molecule has 1 nitrogen and oxygen atoms in total. The molecule has 0 atom stereocenters. The van der Waals surface area contributed by atoms with E-state index in [1.807, 2.05) is 0 Å². The Morgan fingerprint density at radius 3 is 2.67 bits per heavy atom. The topological polar surface area (TPSA) is 17.1 Å². The number of Topliss-reactive ketones (excluding diaryl/α,β-unsaturated/α-hetero) is 1. The van der Waals surface area contributed by atoms with Crippen molar-refractivity contribution < 1.29 is 4.79 Å². The maximum atomic E-state index is 11.0. The van der Waals surface area contributed by atoms with Gasteiger partial charge in [-0.05, 0) is 19.3 Å². The van der Waals surface area contributed by atoms with E-state index in [0.29, 0.717) is 11.7 Å². The average Bonchev–Trinajstić information content (AvgIpc) is 2.63. The Morgan fingerprint density at radius 1 is 1.56 bits per heavy atom. The first kappa shape index (κ1) is 6.79. The van der Waals surface area contributed by atoms with E-state index in [1.54, 1.807) is 0 Å². The number of rotatable bonds is 4. The molecule has 1 aliphatic rings.